The van der Waals surface area contributed by atoms with Crippen LogP contribution in [0.15, 0.2) is 59.5 Å². The molecule has 0 saturated heterocycles. The molecule has 1 amide bonds. The van der Waals surface area contributed by atoms with Crippen molar-refractivity contribution in [2.24, 2.45) is 0 Å². The van der Waals surface area contributed by atoms with Gasteiger partial charge in [0, 0.05) is 12.6 Å². The summed E-state index contributed by atoms with van der Waals surface area (Å²) in [5.74, 6) is 0.597. The summed E-state index contributed by atoms with van der Waals surface area (Å²) in [6.07, 6.45) is 3.79. The van der Waals surface area contributed by atoms with Gasteiger partial charge in [-0.3, -0.25) is 4.79 Å². The zero-order chi connectivity index (χ0) is 19.0. The van der Waals surface area contributed by atoms with E-state index in [4.69, 9.17) is 4.74 Å². The number of hydrogen-bond donors (Lipinski definition) is 2. The number of benzene rings is 2. The molecule has 7 heteroatoms. The lowest BCUT2D eigenvalue weighted by molar-refractivity contribution is -0.116. The predicted molar refractivity (Wildman–Crippen MR) is 101 cm³/mol. The van der Waals surface area contributed by atoms with Crippen LogP contribution in [0.2, 0.25) is 0 Å². The lowest BCUT2D eigenvalue weighted by Gasteiger charge is -2.04. The van der Waals surface area contributed by atoms with Crippen molar-refractivity contribution in [3.63, 3.8) is 0 Å². The molecule has 6 nitrogen and oxygen atoms in total. The van der Waals surface area contributed by atoms with Crippen LogP contribution in [0.25, 0.3) is 6.08 Å². The summed E-state index contributed by atoms with van der Waals surface area (Å²) in [5.41, 5.74) is 1.85. The zero-order valence-electron chi connectivity index (χ0n) is 14.7. The van der Waals surface area contributed by atoms with Crippen molar-refractivity contribution in [1.29, 1.82) is 0 Å². The van der Waals surface area contributed by atoms with Crippen LogP contribution in [0.5, 0.6) is 5.75 Å². The van der Waals surface area contributed by atoms with E-state index in [0.29, 0.717) is 6.54 Å². The van der Waals surface area contributed by atoms with Gasteiger partial charge in [0.25, 0.3) is 0 Å². The Hall–Kier alpha value is -2.64. The van der Waals surface area contributed by atoms with E-state index in [2.05, 4.69) is 10.0 Å². The molecule has 0 unspecified atom stereocenters. The Morgan fingerprint density at radius 3 is 2.31 bits per heavy atom. The number of carbonyl (C=O) groups is 1. The molecule has 0 radical (unpaired) electrons. The fourth-order valence-electron chi connectivity index (χ4n) is 2.23. The number of sulfonamides is 1. The zero-order valence-corrected chi connectivity index (χ0v) is 15.5. The standard InChI is InChI=1S/C19H22N2O4S/c1-20-26(23,24)18-10-5-15(6-11-18)7-12-19(22)21-14-13-16-3-8-17(25-2)9-4-16/h3-12,20H,13-14H2,1-2H3,(H,21,22)/b12-7+. The van der Waals surface area contributed by atoms with Crippen LogP contribution in [-0.2, 0) is 21.2 Å². The van der Waals surface area contributed by atoms with Crippen LogP contribution >= 0.6 is 0 Å². The summed E-state index contributed by atoms with van der Waals surface area (Å²) in [7, 11) is -0.470. The second-order valence-corrected chi connectivity index (χ2v) is 7.39. The average molecular weight is 374 g/mol. The molecule has 0 spiro atoms. The number of ether oxygens (including phenoxy) is 1. The number of hydrogen-bond acceptors (Lipinski definition) is 4. The Morgan fingerprint density at radius 1 is 1.08 bits per heavy atom. The SMILES string of the molecule is CNS(=O)(=O)c1ccc(/C=C/C(=O)NCCc2ccc(OC)cc2)cc1. The van der Waals surface area contributed by atoms with E-state index in [-0.39, 0.29) is 10.8 Å². The number of nitrogens with one attached hydrogen (secondary N) is 2. The number of methoxy groups -OCH3 is 1. The minimum atomic E-state index is -3.45. The maximum Gasteiger partial charge on any atom is 0.244 e. The molecule has 138 valence electrons. The van der Waals surface area contributed by atoms with Gasteiger partial charge in [0.05, 0.1) is 12.0 Å². The van der Waals surface area contributed by atoms with Crippen LogP contribution in [-0.4, -0.2) is 35.0 Å². The summed E-state index contributed by atoms with van der Waals surface area (Å²) in [5, 5.41) is 2.81. The van der Waals surface area contributed by atoms with Gasteiger partial charge in [-0.1, -0.05) is 24.3 Å². The van der Waals surface area contributed by atoms with Crippen molar-refractivity contribution in [2.75, 3.05) is 20.7 Å². The third-order valence-electron chi connectivity index (χ3n) is 3.76. The normalized spacial score (nSPS) is 11.5. The Kier molecular flexibility index (Phi) is 6.94. The van der Waals surface area contributed by atoms with E-state index in [1.54, 1.807) is 25.3 Å². The third kappa shape index (κ3) is 5.72. The Bertz CT molecular complexity index is 857. The minimum Gasteiger partial charge on any atom is -0.497 e. The molecule has 0 atom stereocenters. The highest BCUT2D eigenvalue weighted by Gasteiger charge is 2.09. The van der Waals surface area contributed by atoms with E-state index in [1.165, 1.54) is 25.3 Å². The first-order chi connectivity index (χ1) is 12.4. The molecule has 0 heterocycles. The Balaban J connectivity index is 1.83. The predicted octanol–water partition coefficient (Wildman–Crippen LogP) is 1.98. The molecule has 2 rings (SSSR count). The Morgan fingerprint density at radius 2 is 1.73 bits per heavy atom. The van der Waals surface area contributed by atoms with Crippen molar-refractivity contribution in [3.8, 4) is 5.75 Å². The summed E-state index contributed by atoms with van der Waals surface area (Å²) in [6, 6.07) is 14.0. The molecule has 0 saturated carbocycles. The maximum absolute atomic E-state index is 11.9. The van der Waals surface area contributed by atoms with Crippen LogP contribution in [0.3, 0.4) is 0 Å². The third-order valence-corrected chi connectivity index (χ3v) is 5.19. The van der Waals surface area contributed by atoms with Gasteiger partial charge in [0.1, 0.15) is 5.75 Å². The average Bonchev–Trinajstić information content (AvgIpc) is 2.67. The fraction of sp³-hybridized carbons (Fsp3) is 0.211. The van der Waals surface area contributed by atoms with E-state index in [0.717, 1.165) is 23.3 Å². The molecular formula is C19H22N2O4S. The molecular weight excluding hydrogens is 352 g/mol. The van der Waals surface area contributed by atoms with Crippen molar-refractivity contribution in [3.05, 3.63) is 65.7 Å². The topological polar surface area (TPSA) is 84.5 Å². The molecule has 2 aromatic carbocycles. The summed E-state index contributed by atoms with van der Waals surface area (Å²) in [4.78, 5) is 12.0. The van der Waals surface area contributed by atoms with Crippen molar-refractivity contribution in [1.82, 2.24) is 10.0 Å². The second kappa shape index (κ2) is 9.17. The van der Waals surface area contributed by atoms with Gasteiger partial charge in [0.2, 0.25) is 15.9 Å². The van der Waals surface area contributed by atoms with Gasteiger partial charge in [-0.15, -0.1) is 0 Å². The quantitative estimate of drug-likeness (QED) is 0.692. The monoisotopic (exact) mass is 374 g/mol. The molecule has 0 aliphatic carbocycles. The molecule has 2 N–H and O–H groups in total. The molecule has 2 aromatic rings. The maximum atomic E-state index is 11.9. The molecule has 26 heavy (non-hydrogen) atoms. The molecule has 0 fully saturated rings. The Labute approximate surface area is 153 Å². The van der Waals surface area contributed by atoms with Crippen LogP contribution in [0.4, 0.5) is 0 Å². The summed E-state index contributed by atoms with van der Waals surface area (Å²) < 4.78 is 30.7. The van der Waals surface area contributed by atoms with Gasteiger partial charge < -0.3 is 10.1 Å². The van der Waals surface area contributed by atoms with E-state index in [9.17, 15) is 13.2 Å². The molecule has 0 aromatic heterocycles. The van der Waals surface area contributed by atoms with Gasteiger partial charge >= 0.3 is 0 Å². The van der Waals surface area contributed by atoms with Crippen molar-refractivity contribution in [2.45, 2.75) is 11.3 Å². The van der Waals surface area contributed by atoms with Crippen molar-refractivity contribution < 1.29 is 17.9 Å². The number of rotatable bonds is 8. The largest absolute Gasteiger partial charge is 0.497 e. The van der Waals surface area contributed by atoms with Crippen molar-refractivity contribution >= 4 is 22.0 Å². The number of carbonyl (C=O) groups excluding carboxylic acids is 1. The first-order valence-electron chi connectivity index (χ1n) is 8.07. The van der Waals surface area contributed by atoms with E-state index in [1.807, 2.05) is 24.3 Å². The second-order valence-electron chi connectivity index (χ2n) is 5.50. The first-order valence-corrected chi connectivity index (χ1v) is 9.55. The molecule has 0 bridgehead atoms. The van der Waals surface area contributed by atoms with Crippen LogP contribution < -0.4 is 14.8 Å². The van der Waals surface area contributed by atoms with Gasteiger partial charge in [-0.05, 0) is 54.9 Å². The fourth-order valence-corrected chi connectivity index (χ4v) is 2.96. The summed E-state index contributed by atoms with van der Waals surface area (Å²) in [6.45, 7) is 0.523. The molecule has 0 aliphatic heterocycles. The smallest absolute Gasteiger partial charge is 0.244 e. The van der Waals surface area contributed by atoms with Crippen LogP contribution in [0.1, 0.15) is 11.1 Å². The van der Waals surface area contributed by atoms with Crippen LogP contribution in [0, 0.1) is 0 Å². The lowest BCUT2D eigenvalue weighted by Crippen LogP contribution is -2.23. The van der Waals surface area contributed by atoms with E-state index < -0.39 is 10.0 Å². The minimum absolute atomic E-state index is 0.182. The highest BCUT2D eigenvalue weighted by Crippen LogP contribution is 2.12. The number of amides is 1. The summed E-state index contributed by atoms with van der Waals surface area (Å²) >= 11 is 0. The van der Waals surface area contributed by atoms with Gasteiger partial charge in [0.15, 0.2) is 0 Å². The first kappa shape index (κ1) is 19.7. The van der Waals surface area contributed by atoms with Gasteiger partial charge in [-0.2, -0.15) is 0 Å². The van der Waals surface area contributed by atoms with E-state index >= 15 is 0 Å². The molecule has 0 aliphatic rings. The highest BCUT2D eigenvalue weighted by molar-refractivity contribution is 7.89. The highest BCUT2D eigenvalue weighted by atomic mass is 32.2. The van der Waals surface area contributed by atoms with Gasteiger partial charge in [-0.25, -0.2) is 13.1 Å². The lowest BCUT2D eigenvalue weighted by atomic mass is 10.1.